The van der Waals surface area contributed by atoms with E-state index in [2.05, 4.69) is 0 Å². The predicted molar refractivity (Wildman–Crippen MR) is 56.3 cm³/mol. The molecule has 1 rings (SSSR count). The van der Waals surface area contributed by atoms with Gasteiger partial charge in [-0.05, 0) is 29.1 Å². The Morgan fingerprint density at radius 2 is 1.73 bits per heavy atom. The molecule has 0 heterocycles. The summed E-state index contributed by atoms with van der Waals surface area (Å²) in [6.45, 7) is 2.01. The molecule has 1 unspecified atom stereocenters. The number of hydrogen-bond donors (Lipinski definition) is 1. The minimum Gasteiger partial charge on any atom is -0.385 e. The zero-order valence-electron chi connectivity index (χ0n) is 8.38. The van der Waals surface area contributed by atoms with E-state index in [4.69, 9.17) is 16.7 Å². The highest BCUT2D eigenvalue weighted by molar-refractivity contribution is 6.22. The van der Waals surface area contributed by atoms with Gasteiger partial charge in [-0.1, -0.05) is 31.2 Å². The van der Waals surface area contributed by atoms with Crippen molar-refractivity contribution in [3.63, 3.8) is 0 Å². The van der Waals surface area contributed by atoms with Crippen LogP contribution >= 0.6 is 11.6 Å². The molecule has 4 heteroatoms. The van der Waals surface area contributed by atoms with Crippen molar-refractivity contribution in [1.29, 1.82) is 0 Å². The van der Waals surface area contributed by atoms with Crippen molar-refractivity contribution in [3.05, 3.63) is 35.4 Å². The molecule has 1 N–H and O–H groups in total. The van der Waals surface area contributed by atoms with E-state index in [1.807, 2.05) is 19.1 Å². The van der Waals surface area contributed by atoms with Crippen LogP contribution in [0.2, 0.25) is 0 Å². The topological polar surface area (TPSA) is 20.2 Å². The van der Waals surface area contributed by atoms with Gasteiger partial charge in [0.05, 0.1) is 0 Å². The smallest absolute Gasteiger partial charge is 0.347 e. The lowest BCUT2D eigenvalue weighted by molar-refractivity contribution is -0.0397. The second kappa shape index (κ2) is 4.90. The summed E-state index contributed by atoms with van der Waals surface area (Å²) >= 11 is 4.71. The molecule has 0 saturated carbocycles. The average molecular weight is 235 g/mol. The molecular formula is C11H13ClF2O. The van der Waals surface area contributed by atoms with Crippen LogP contribution in [0.5, 0.6) is 0 Å². The molecule has 0 fully saturated rings. The molecule has 84 valence electrons. The minimum atomic E-state index is -3.57. The summed E-state index contributed by atoms with van der Waals surface area (Å²) in [5.41, 5.74) is 1.78. The third-order valence-corrected chi connectivity index (χ3v) is 2.49. The van der Waals surface area contributed by atoms with Gasteiger partial charge < -0.3 is 5.11 Å². The molecule has 1 aromatic rings. The Balaban J connectivity index is 2.65. The highest BCUT2D eigenvalue weighted by atomic mass is 35.5. The Hall–Kier alpha value is -0.670. The number of hydrogen-bond acceptors (Lipinski definition) is 1. The summed E-state index contributed by atoms with van der Waals surface area (Å²) in [7, 11) is 0. The number of rotatable bonds is 4. The van der Waals surface area contributed by atoms with E-state index in [-0.39, 0.29) is 6.42 Å². The summed E-state index contributed by atoms with van der Waals surface area (Å²) < 4.78 is 24.9. The van der Waals surface area contributed by atoms with Gasteiger partial charge >= 0.3 is 5.38 Å². The zero-order valence-corrected chi connectivity index (χ0v) is 9.14. The van der Waals surface area contributed by atoms with Crippen LogP contribution in [0.4, 0.5) is 8.78 Å². The van der Waals surface area contributed by atoms with Gasteiger partial charge in [0.1, 0.15) is 6.10 Å². The van der Waals surface area contributed by atoms with Crippen LogP contribution in [0.3, 0.4) is 0 Å². The molecule has 0 aliphatic carbocycles. The first-order chi connectivity index (χ1) is 6.93. The molecule has 0 amide bonds. The summed E-state index contributed by atoms with van der Waals surface area (Å²) in [4.78, 5) is 0. The van der Waals surface area contributed by atoms with Gasteiger partial charge in [0.15, 0.2) is 0 Å². The molecule has 1 atom stereocenters. The molecular weight excluding hydrogens is 222 g/mol. The van der Waals surface area contributed by atoms with Crippen LogP contribution in [0.15, 0.2) is 24.3 Å². The van der Waals surface area contributed by atoms with Crippen molar-refractivity contribution in [2.45, 2.75) is 31.3 Å². The Kier molecular flexibility index (Phi) is 4.05. The first kappa shape index (κ1) is 12.4. The highest BCUT2D eigenvalue weighted by Gasteiger charge is 2.35. The summed E-state index contributed by atoms with van der Waals surface area (Å²) in [6, 6.07) is 7.16. The van der Waals surface area contributed by atoms with E-state index in [9.17, 15) is 8.78 Å². The fourth-order valence-electron chi connectivity index (χ4n) is 1.25. The number of aliphatic hydroxyl groups excluding tert-OH is 1. The van der Waals surface area contributed by atoms with Crippen LogP contribution < -0.4 is 0 Å². The Morgan fingerprint density at radius 1 is 1.27 bits per heavy atom. The molecule has 0 saturated heterocycles. The van der Waals surface area contributed by atoms with E-state index >= 15 is 0 Å². The molecule has 1 nitrogen and oxygen atoms in total. The first-order valence-electron chi connectivity index (χ1n) is 4.76. The zero-order chi connectivity index (χ0) is 11.5. The van der Waals surface area contributed by atoms with Crippen molar-refractivity contribution in [1.82, 2.24) is 0 Å². The van der Waals surface area contributed by atoms with Crippen LogP contribution in [-0.2, 0) is 12.8 Å². The number of aliphatic hydroxyl groups is 1. The summed E-state index contributed by atoms with van der Waals surface area (Å²) in [5.74, 6) is 0. The van der Waals surface area contributed by atoms with Crippen LogP contribution in [0.25, 0.3) is 0 Å². The Labute approximate surface area is 92.7 Å². The second-order valence-electron chi connectivity index (χ2n) is 3.43. The lowest BCUT2D eigenvalue weighted by atomic mass is 10.0. The third-order valence-electron chi connectivity index (χ3n) is 2.24. The number of halogens is 3. The maximum Gasteiger partial charge on any atom is 0.347 e. The fraction of sp³-hybridized carbons (Fsp3) is 0.455. The molecule has 1 aromatic carbocycles. The molecule has 15 heavy (non-hydrogen) atoms. The van der Waals surface area contributed by atoms with Crippen molar-refractivity contribution < 1.29 is 13.9 Å². The van der Waals surface area contributed by atoms with Gasteiger partial charge in [0, 0.05) is 6.42 Å². The fourth-order valence-corrected chi connectivity index (χ4v) is 1.33. The van der Waals surface area contributed by atoms with Gasteiger partial charge in [-0.15, -0.1) is 0 Å². The molecule has 0 radical (unpaired) electrons. The maximum absolute atomic E-state index is 12.5. The molecule has 0 spiro atoms. The van der Waals surface area contributed by atoms with Crippen molar-refractivity contribution in [2.75, 3.05) is 0 Å². The minimum absolute atomic E-state index is 0.138. The van der Waals surface area contributed by atoms with Gasteiger partial charge in [-0.25, -0.2) is 0 Å². The van der Waals surface area contributed by atoms with Gasteiger partial charge in [-0.3, -0.25) is 0 Å². The van der Waals surface area contributed by atoms with Crippen LogP contribution in [-0.4, -0.2) is 16.6 Å². The summed E-state index contributed by atoms with van der Waals surface area (Å²) in [6.07, 6.45) is -1.08. The lowest BCUT2D eigenvalue weighted by Gasteiger charge is -2.15. The number of benzene rings is 1. The second-order valence-corrected chi connectivity index (χ2v) is 3.94. The molecule has 0 bridgehead atoms. The van der Waals surface area contributed by atoms with E-state index in [1.165, 1.54) is 0 Å². The van der Waals surface area contributed by atoms with Gasteiger partial charge in [-0.2, -0.15) is 8.78 Å². The van der Waals surface area contributed by atoms with Crippen LogP contribution in [0, 0.1) is 0 Å². The lowest BCUT2D eigenvalue weighted by Crippen LogP contribution is -2.29. The van der Waals surface area contributed by atoms with Gasteiger partial charge in [0.2, 0.25) is 0 Å². The highest BCUT2D eigenvalue weighted by Crippen LogP contribution is 2.25. The Morgan fingerprint density at radius 3 is 2.13 bits per heavy atom. The molecule has 0 aliphatic heterocycles. The largest absolute Gasteiger partial charge is 0.385 e. The third kappa shape index (κ3) is 3.76. The SMILES string of the molecule is CCc1ccc(CC(O)C(F)(F)Cl)cc1. The number of aryl methyl sites for hydroxylation is 1. The average Bonchev–Trinajstić information content (AvgIpc) is 2.17. The monoisotopic (exact) mass is 234 g/mol. The quantitative estimate of drug-likeness (QED) is 0.795. The normalized spacial score (nSPS) is 13.9. The maximum atomic E-state index is 12.5. The predicted octanol–water partition coefficient (Wildman–Crippen LogP) is 2.98. The standard InChI is InChI=1S/C11H13ClF2O/c1-2-8-3-5-9(6-4-8)7-10(15)11(12,13)14/h3-6,10,15H,2,7H2,1H3. The van der Waals surface area contributed by atoms with Crippen molar-refractivity contribution >= 4 is 11.6 Å². The van der Waals surface area contributed by atoms with Crippen molar-refractivity contribution in [2.24, 2.45) is 0 Å². The van der Waals surface area contributed by atoms with E-state index in [0.29, 0.717) is 5.56 Å². The Bertz CT molecular complexity index is 305. The first-order valence-corrected chi connectivity index (χ1v) is 5.14. The summed E-state index contributed by atoms with van der Waals surface area (Å²) in [5, 5.41) is 5.52. The van der Waals surface area contributed by atoms with E-state index in [1.54, 1.807) is 12.1 Å². The van der Waals surface area contributed by atoms with E-state index in [0.717, 1.165) is 12.0 Å². The molecule has 0 aromatic heterocycles. The van der Waals surface area contributed by atoms with Crippen LogP contribution in [0.1, 0.15) is 18.1 Å². The van der Waals surface area contributed by atoms with Crippen molar-refractivity contribution in [3.8, 4) is 0 Å². The van der Waals surface area contributed by atoms with Gasteiger partial charge in [0.25, 0.3) is 0 Å². The number of alkyl halides is 3. The molecule has 0 aliphatic rings. The van der Waals surface area contributed by atoms with E-state index < -0.39 is 11.5 Å².